The summed E-state index contributed by atoms with van der Waals surface area (Å²) in [5.41, 5.74) is 1.73. The molecule has 0 saturated carbocycles. The molecule has 0 saturated heterocycles. The van der Waals surface area contributed by atoms with E-state index in [9.17, 15) is 4.79 Å². The highest BCUT2D eigenvalue weighted by molar-refractivity contribution is 5.43. The third-order valence-corrected chi connectivity index (χ3v) is 2.55. The lowest BCUT2D eigenvalue weighted by Crippen LogP contribution is -2.18. The number of hydrogen-bond acceptors (Lipinski definition) is 3. The molecule has 0 radical (unpaired) electrons. The number of aryl methyl sites for hydroxylation is 1. The molecule has 0 amide bonds. The van der Waals surface area contributed by atoms with Crippen molar-refractivity contribution in [1.82, 2.24) is 4.57 Å². The second-order valence-electron chi connectivity index (χ2n) is 3.72. The zero-order valence-corrected chi connectivity index (χ0v) is 9.36. The third-order valence-electron chi connectivity index (χ3n) is 2.55. The molecule has 0 spiro atoms. The summed E-state index contributed by atoms with van der Waals surface area (Å²) in [5, 5.41) is 3.15. The second kappa shape index (κ2) is 4.26. The predicted octanol–water partition coefficient (Wildman–Crippen LogP) is 1.90. The third kappa shape index (κ3) is 2.16. The number of nitrogens with zero attached hydrogens (tertiary/aromatic N) is 1. The number of aromatic nitrogens is 1. The van der Waals surface area contributed by atoms with Gasteiger partial charge in [-0.05, 0) is 25.1 Å². The summed E-state index contributed by atoms with van der Waals surface area (Å²) in [6, 6.07) is 7.24. The Balaban J connectivity index is 2.14. The van der Waals surface area contributed by atoms with Gasteiger partial charge in [0.25, 0.3) is 5.56 Å². The molecule has 2 rings (SSSR count). The first-order valence-corrected chi connectivity index (χ1v) is 5.11. The zero-order valence-electron chi connectivity index (χ0n) is 9.36. The summed E-state index contributed by atoms with van der Waals surface area (Å²) in [6.07, 6.45) is 1.63. The zero-order chi connectivity index (χ0) is 11.5. The highest BCUT2D eigenvalue weighted by Crippen LogP contribution is 2.08. The number of nitrogens with one attached hydrogen (secondary N) is 1. The molecule has 0 aliphatic rings. The van der Waals surface area contributed by atoms with E-state index >= 15 is 0 Å². The van der Waals surface area contributed by atoms with E-state index in [2.05, 4.69) is 5.32 Å². The molecule has 4 nitrogen and oxygen atoms in total. The number of hydrogen-bond donors (Lipinski definition) is 1. The van der Waals surface area contributed by atoms with Crippen molar-refractivity contribution in [2.24, 2.45) is 7.05 Å². The Bertz CT molecular complexity index is 526. The molecule has 1 N–H and O–H groups in total. The first-order chi connectivity index (χ1) is 7.66. The number of furan rings is 1. The minimum absolute atomic E-state index is 0.0121. The molecule has 2 aromatic heterocycles. The standard InChI is InChI=1S/C12H14N2O2/c1-9-6-10(7-12(15)14(9)2)13-8-11-4-3-5-16-11/h3-7,13H,8H2,1-2H3. The molecule has 0 unspecified atom stereocenters. The smallest absolute Gasteiger partial charge is 0.252 e. The van der Waals surface area contributed by atoms with Gasteiger partial charge in [-0.3, -0.25) is 4.79 Å². The van der Waals surface area contributed by atoms with Crippen LogP contribution in [0, 0.1) is 6.92 Å². The van der Waals surface area contributed by atoms with Crippen LogP contribution >= 0.6 is 0 Å². The van der Waals surface area contributed by atoms with Crippen LogP contribution in [0.15, 0.2) is 39.7 Å². The minimum Gasteiger partial charge on any atom is -0.467 e. The van der Waals surface area contributed by atoms with Crippen molar-refractivity contribution < 1.29 is 4.42 Å². The van der Waals surface area contributed by atoms with Crippen LogP contribution < -0.4 is 10.9 Å². The van der Waals surface area contributed by atoms with Gasteiger partial charge in [-0.2, -0.15) is 0 Å². The molecule has 0 aliphatic heterocycles. The van der Waals surface area contributed by atoms with Crippen LogP contribution in [0.2, 0.25) is 0 Å². The maximum Gasteiger partial charge on any atom is 0.252 e. The molecule has 0 atom stereocenters. The van der Waals surface area contributed by atoms with Crippen LogP contribution in [0.3, 0.4) is 0 Å². The summed E-state index contributed by atoms with van der Waals surface area (Å²) in [6.45, 7) is 2.49. The summed E-state index contributed by atoms with van der Waals surface area (Å²) in [7, 11) is 1.76. The van der Waals surface area contributed by atoms with Crippen LogP contribution in [-0.2, 0) is 13.6 Å². The van der Waals surface area contributed by atoms with Gasteiger partial charge in [0.05, 0.1) is 12.8 Å². The van der Waals surface area contributed by atoms with Crippen LogP contribution in [-0.4, -0.2) is 4.57 Å². The van der Waals surface area contributed by atoms with Crippen LogP contribution in [0.25, 0.3) is 0 Å². The molecule has 0 fully saturated rings. The minimum atomic E-state index is -0.0121. The van der Waals surface area contributed by atoms with Crippen molar-refractivity contribution in [3.8, 4) is 0 Å². The van der Waals surface area contributed by atoms with Gasteiger partial charge in [0.2, 0.25) is 0 Å². The lowest BCUT2D eigenvalue weighted by Gasteiger charge is -2.08. The molecule has 0 bridgehead atoms. The first kappa shape index (κ1) is 10.5. The fraction of sp³-hybridized carbons (Fsp3) is 0.250. The van der Waals surface area contributed by atoms with Crippen LogP contribution in [0.1, 0.15) is 11.5 Å². The van der Waals surface area contributed by atoms with Crippen molar-refractivity contribution >= 4 is 5.69 Å². The fourth-order valence-corrected chi connectivity index (χ4v) is 1.47. The largest absolute Gasteiger partial charge is 0.467 e. The van der Waals surface area contributed by atoms with Crippen molar-refractivity contribution in [2.45, 2.75) is 13.5 Å². The molecular weight excluding hydrogens is 204 g/mol. The highest BCUT2D eigenvalue weighted by atomic mass is 16.3. The molecule has 2 aromatic rings. The first-order valence-electron chi connectivity index (χ1n) is 5.11. The maximum atomic E-state index is 11.5. The molecule has 84 valence electrons. The summed E-state index contributed by atoms with van der Waals surface area (Å²) < 4.78 is 6.80. The quantitative estimate of drug-likeness (QED) is 0.855. The van der Waals surface area contributed by atoms with Gasteiger partial charge in [-0.15, -0.1) is 0 Å². The molecule has 4 heteroatoms. The van der Waals surface area contributed by atoms with Gasteiger partial charge in [0.1, 0.15) is 5.76 Å². The lowest BCUT2D eigenvalue weighted by molar-refractivity contribution is 0.518. The van der Waals surface area contributed by atoms with E-state index in [0.717, 1.165) is 17.1 Å². The summed E-state index contributed by atoms with van der Waals surface area (Å²) >= 11 is 0. The average Bonchev–Trinajstić information content (AvgIpc) is 2.75. The molecule has 0 aromatic carbocycles. The summed E-state index contributed by atoms with van der Waals surface area (Å²) in [4.78, 5) is 11.5. The van der Waals surface area contributed by atoms with Crippen LogP contribution in [0.4, 0.5) is 5.69 Å². The van der Waals surface area contributed by atoms with Gasteiger partial charge in [0, 0.05) is 24.5 Å². The molecular formula is C12H14N2O2. The van der Waals surface area contributed by atoms with Crippen LogP contribution in [0.5, 0.6) is 0 Å². The van der Waals surface area contributed by atoms with Crippen molar-refractivity contribution in [3.63, 3.8) is 0 Å². The Kier molecular flexibility index (Phi) is 2.81. The van der Waals surface area contributed by atoms with E-state index in [1.54, 1.807) is 23.9 Å². The Morgan fingerprint density at radius 1 is 1.44 bits per heavy atom. The SMILES string of the molecule is Cc1cc(NCc2ccco2)cc(=O)n1C. The van der Waals surface area contributed by atoms with Crippen molar-refractivity contribution in [1.29, 1.82) is 0 Å². The van der Waals surface area contributed by atoms with E-state index in [4.69, 9.17) is 4.42 Å². The number of anilines is 1. The molecule has 16 heavy (non-hydrogen) atoms. The Morgan fingerprint density at radius 3 is 2.88 bits per heavy atom. The predicted molar refractivity (Wildman–Crippen MR) is 62.5 cm³/mol. The van der Waals surface area contributed by atoms with Gasteiger partial charge < -0.3 is 14.3 Å². The van der Waals surface area contributed by atoms with E-state index in [1.165, 1.54) is 0 Å². The van der Waals surface area contributed by atoms with Gasteiger partial charge >= 0.3 is 0 Å². The number of rotatable bonds is 3. The van der Waals surface area contributed by atoms with E-state index in [0.29, 0.717) is 6.54 Å². The Hall–Kier alpha value is -1.97. The number of pyridine rings is 1. The van der Waals surface area contributed by atoms with E-state index in [1.807, 2.05) is 25.1 Å². The Labute approximate surface area is 93.5 Å². The monoisotopic (exact) mass is 218 g/mol. The normalized spacial score (nSPS) is 10.4. The van der Waals surface area contributed by atoms with Gasteiger partial charge in [-0.25, -0.2) is 0 Å². The van der Waals surface area contributed by atoms with Gasteiger partial charge in [0.15, 0.2) is 0 Å². The van der Waals surface area contributed by atoms with Crippen molar-refractivity contribution in [2.75, 3.05) is 5.32 Å². The van der Waals surface area contributed by atoms with E-state index < -0.39 is 0 Å². The topological polar surface area (TPSA) is 47.2 Å². The van der Waals surface area contributed by atoms with E-state index in [-0.39, 0.29) is 5.56 Å². The Morgan fingerprint density at radius 2 is 2.25 bits per heavy atom. The average molecular weight is 218 g/mol. The molecule has 2 heterocycles. The van der Waals surface area contributed by atoms with Crippen molar-refractivity contribution in [3.05, 3.63) is 52.3 Å². The molecule has 0 aliphatic carbocycles. The lowest BCUT2D eigenvalue weighted by atomic mass is 10.3. The van der Waals surface area contributed by atoms with Gasteiger partial charge in [-0.1, -0.05) is 0 Å². The summed E-state index contributed by atoms with van der Waals surface area (Å²) in [5.74, 6) is 0.846. The maximum absolute atomic E-state index is 11.5. The fourth-order valence-electron chi connectivity index (χ4n) is 1.47. The highest BCUT2D eigenvalue weighted by Gasteiger charge is 2.00. The second-order valence-corrected chi connectivity index (χ2v) is 3.72.